The average molecular weight is 296 g/mol. The van der Waals surface area contributed by atoms with Crippen LogP contribution in [0.1, 0.15) is 24.2 Å². The fourth-order valence-corrected chi connectivity index (χ4v) is 2.42. The first-order chi connectivity index (χ1) is 10.7. The van der Waals surface area contributed by atoms with E-state index in [0.29, 0.717) is 5.65 Å². The first-order valence-electron chi connectivity index (χ1n) is 7.26. The third kappa shape index (κ3) is 3.28. The van der Waals surface area contributed by atoms with E-state index in [1.807, 2.05) is 18.2 Å². The van der Waals surface area contributed by atoms with Crippen molar-refractivity contribution in [2.24, 2.45) is 0 Å². The van der Waals surface area contributed by atoms with Crippen LogP contribution in [0.2, 0.25) is 0 Å². The van der Waals surface area contributed by atoms with Crippen LogP contribution in [0.5, 0.6) is 0 Å². The van der Waals surface area contributed by atoms with Crippen LogP contribution in [0.4, 0.5) is 5.82 Å². The third-order valence-corrected chi connectivity index (χ3v) is 3.54. The molecule has 0 bridgehead atoms. The number of imidazole rings is 1. The van der Waals surface area contributed by atoms with Crippen LogP contribution in [0.3, 0.4) is 0 Å². The maximum atomic E-state index is 10.7. The Bertz CT molecular complexity index is 783. The molecule has 3 aromatic rings. The predicted octanol–water partition coefficient (Wildman–Crippen LogP) is 3.43. The number of hydrogen-bond acceptors (Lipinski definition) is 4. The number of nitrogens with zero attached hydrogens (tertiary/aromatic N) is 3. The maximum Gasteiger partial charge on any atom is 0.366 e. The molecule has 6 nitrogen and oxygen atoms in total. The number of rotatable bonds is 6. The molecule has 2 aromatic heterocycles. The van der Waals surface area contributed by atoms with Crippen LogP contribution in [-0.2, 0) is 12.8 Å². The lowest BCUT2D eigenvalue weighted by atomic mass is 10.1. The number of aromatic amines is 1. The molecular formula is C16H16N4O2. The van der Waals surface area contributed by atoms with Gasteiger partial charge in [0.2, 0.25) is 0 Å². The molecule has 3 rings (SSSR count). The van der Waals surface area contributed by atoms with Crippen LogP contribution >= 0.6 is 0 Å². The molecule has 0 unspecified atom stereocenters. The monoisotopic (exact) mass is 296 g/mol. The molecular weight excluding hydrogens is 280 g/mol. The van der Waals surface area contributed by atoms with E-state index in [0.717, 1.165) is 37.0 Å². The Morgan fingerprint density at radius 2 is 1.77 bits per heavy atom. The van der Waals surface area contributed by atoms with Gasteiger partial charge in [0, 0.05) is 12.5 Å². The number of H-pyrrole nitrogens is 1. The van der Waals surface area contributed by atoms with Gasteiger partial charge in [-0.2, -0.15) is 4.98 Å². The summed E-state index contributed by atoms with van der Waals surface area (Å²) in [5, 5.41) is 10.7. The van der Waals surface area contributed by atoms with Gasteiger partial charge in [-0.05, 0) is 40.8 Å². The first kappa shape index (κ1) is 14.2. The van der Waals surface area contributed by atoms with Crippen LogP contribution in [-0.4, -0.2) is 19.9 Å². The van der Waals surface area contributed by atoms with Gasteiger partial charge in [-0.25, -0.2) is 0 Å². The van der Waals surface area contributed by atoms with Crippen LogP contribution in [0.15, 0.2) is 42.5 Å². The highest BCUT2D eigenvalue weighted by molar-refractivity contribution is 5.71. The van der Waals surface area contributed by atoms with Crippen molar-refractivity contribution in [2.75, 3.05) is 0 Å². The number of pyridine rings is 1. The van der Waals surface area contributed by atoms with Gasteiger partial charge in [0.25, 0.3) is 5.65 Å². The van der Waals surface area contributed by atoms with Crippen molar-refractivity contribution < 1.29 is 4.92 Å². The molecule has 1 N–H and O–H groups in total. The van der Waals surface area contributed by atoms with Gasteiger partial charge in [0.05, 0.1) is 0 Å². The fourth-order valence-electron chi connectivity index (χ4n) is 2.42. The van der Waals surface area contributed by atoms with Gasteiger partial charge in [0.15, 0.2) is 0 Å². The summed E-state index contributed by atoms with van der Waals surface area (Å²) in [5.74, 6) is 0.658. The summed E-state index contributed by atoms with van der Waals surface area (Å²) in [6.07, 6.45) is 3.95. The summed E-state index contributed by atoms with van der Waals surface area (Å²) >= 11 is 0. The van der Waals surface area contributed by atoms with E-state index in [4.69, 9.17) is 0 Å². The van der Waals surface area contributed by atoms with Gasteiger partial charge in [-0.1, -0.05) is 30.3 Å². The highest BCUT2D eigenvalue weighted by Gasteiger charge is 2.13. The number of fused-ring (bicyclic) bond motifs is 1. The lowest BCUT2D eigenvalue weighted by molar-refractivity contribution is -0.389. The molecule has 0 spiro atoms. The summed E-state index contributed by atoms with van der Waals surface area (Å²) in [5.41, 5.74) is 2.49. The minimum absolute atomic E-state index is 0.172. The Hall–Kier alpha value is -2.76. The van der Waals surface area contributed by atoms with Gasteiger partial charge >= 0.3 is 5.82 Å². The Morgan fingerprint density at radius 1 is 1.00 bits per heavy atom. The van der Waals surface area contributed by atoms with Crippen molar-refractivity contribution in [3.05, 3.63) is 64.0 Å². The number of unbranched alkanes of at least 4 members (excludes halogenated alkanes) is 1. The van der Waals surface area contributed by atoms with Gasteiger partial charge < -0.3 is 15.1 Å². The molecule has 0 aliphatic carbocycles. The average Bonchev–Trinajstić information content (AvgIpc) is 2.94. The van der Waals surface area contributed by atoms with E-state index in [-0.39, 0.29) is 5.82 Å². The lowest BCUT2D eigenvalue weighted by Gasteiger charge is -2.00. The largest absolute Gasteiger partial charge is 0.366 e. The topological polar surface area (TPSA) is 84.7 Å². The molecule has 0 aliphatic rings. The number of hydrogen-bond donors (Lipinski definition) is 1. The van der Waals surface area contributed by atoms with Crippen molar-refractivity contribution in [1.29, 1.82) is 0 Å². The first-order valence-corrected chi connectivity index (χ1v) is 7.26. The Kier molecular flexibility index (Phi) is 4.09. The van der Waals surface area contributed by atoms with Gasteiger partial charge in [-0.3, -0.25) is 0 Å². The van der Waals surface area contributed by atoms with Crippen molar-refractivity contribution in [1.82, 2.24) is 15.0 Å². The third-order valence-electron chi connectivity index (χ3n) is 3.54. The molecule has 0 saturated heterocycles. The smallest absolute Gasteiger partial charge is 0.358 e. The normalized spacial score (nSPS) is 10.9. The summed E-state index contributed by atoms with van der Waals surface area (Å²) in [6.45, 7) is 0. The predicted molar refractivity (Wildman–Crippen MR) is 83.6 cm³/mol. The second-order valence-electron chi connectivity index (χ2n) is 5.17. The molecule has 0 amide bonds. The van der Waals surface area contributed by atoms with Crippen molar-refractivity contribution in [3.8, 4) is 0 Å². The molecule has 1 aromatic carbocycles. The number of nitrogens with one attached hydrogen (secondary N) is 1. The minimum atomic E-state index is -0.506. The molecule has 6 heteroatoms. The van der Waals surface area contributed by atoms with Crippen molar-refractivity contribution >= 4 is 17.0 Å². The zero-order valence-corrected chi connectivity index (χ0v) is 12.0. The molecule has 0 saturated carbocycles. The Labute approximate surface area is 127 Å². The van der Waals surface area contributed by atoms with Crippen molar-refractivity contribution in [3.63, 3.8) is 0 Å². The molecule has 0 radical (unpaired) electrons. The second kappa shape index (κ2) is 6.34. The highest BCUT2D eigenvalue weighted by Crippen LogP contribution is 2.15. The van der Waals surface area contributed by atoms with E-state index in [2.05, 4.69) is 27.1 Å². The van der Waals surface area contributed by atoms with E-state index < -0.39 is 4.92 Å². The number of nitro groups is 1. The molecule has 0 fully saturated rings. The van der Waals surface area contributed by atoms with Gasteiger partial charge in [0.1, 0.15) is 11.3 Å². The van der Waals surface area contributed by atoms with Crippen molar-refractivity contribution in [2.45, 2.75) is 25.7 Å². The SMILES string of the molecule is O=[N+]([O-])c1ccc2[nH]c(CCCCc3ccccc3)nc2n1. The molecule has 112 valence electrons. The summed E-state index contributed by atoms with van der Waals surface area (Å²) in [7, 11) is 0. The molecule has 0 aliphatic heterocycles. The van der Waals surface area contributed by atoms with Gasteiger partial charge in [-0.15, -0.1) is 0 Å². The Morgan fingerprint density at radius 3 is 2.55 bits per heavy atom. The van der Waals surface area contributed by atoms with Crippen LogP contribution < -0.4 is 0 Å². The van der Waals surface area contributed by atoms with E-state index in [9.17, 15) is 10.1 Å². The quantitative estimate of drug-likeness (QED) is 0.429. The second-order valence-corrected chi connectivity index (χ2v) is 5.17. The standard InChI is InChI=1S/C16H16N4O2/c21-20(22)15-11-10-13-16(19-15)18-14(17-13)9-5-4-8-12-6-2-1-3-7-12/h1-3,6-7,10-11H,4-5,8-9H2,(H,17,18,19). The fraction of sp³-hybridized carbons (Fsp3) is 0.250. The van der Waals surface area contributed by atoms with E-state index in [1.54, 1.807) is 6.07 Å². The molecule has 22 heavy (non-hydrogen) atoms. The molecule has 2 heterocycles. The summed E-state index contributed by atoms with van der Waals surface area (Å²) in [4.78, 5) is 21.6. The Balaban J connectivity index is 1.58. The zero-order chi connectivity index (χ0) is 15.4. The number of aromatic nitrogens is 3. The highest BCUT2D eigenvalue weighted by atomic mass is 16.6. The van der Waals surface area contributed by atoms with Crippen LogP contribution in [0, 0.1) is 10.1 Å². The molecule has 0 atom stereocenters. The zero-order valence-electron chi connectivity index (χ0n) is 12.0. The van der Waals surface area contributed by atoms with E-state index in [1.165, 1.54) is 11.6 Å². The summed E-state index contributed by atoms with van der Waals surface area (Å²) < 4.78 is 0. The summed E-state index contributed by atoms with van der Waals surface area (Å²) in [6, 6.07) is 13.4. The number of aryl methyl sites for hydroxylation is 2. The van der Waals surface area contributed by atoms with Crippen LogP contribution in [0.25, 0.3) is 11.2 Å². The number of benzene rings is 1. The minimum Gasteiger partial charge on any atom is -0.358 e. The maximum absolute atomic E-state index is 10.7. The lowest BCUT2D eigenvalue weighted by Crippen LogP contribution is -1.92. The van der Waals surface area contributed by atoms with E-state index >= 15 is 0 Å².